The summed E-state index contributed by atoms with van der Waals surface area (Å²) >= 11 is 0. The molecule has 3 aromatic heterocycles. The number of aromatic amines is 1. The Kier molecular flexibility index (Phi) is 5.17. The summed E-state index contributed by atoms with van der Waals surface area (Å²) in [5.41, 5.74) is 10.4. The maximum atomic E-state index is 14.3. The van der Waals surface area contributed by atoms with Crippen molar-refractivity contribution >= 4 is 34.0 Å². The van der Waals surface area contributed by atoms with Crippen molar-refractivity contribution in [1.82, 2.24) is 20.0 Å². The number of H-pyrrole nitrogens is 1. The van der Waals surface area contributed by atoms with Crippen LogP contribution in [-0.4, -0.2) is 26.3 Å². The van der Waals surface area contributed by atoms with E-state index in [1.807, 2.05) is 25.1 Å². The van der Waals surface area contributed by atoms with Gasteiger partial charge >= 0.3 is 0 Å². The molecule has 0 spiro atoms. The third-order valence-electron chi connectivity index (χ3n) is 7.10. The van der Waals surface area contributed by atoms with Crippen molar-refractivity contribution in [3.05, 3.63) is 100 Å². The Morgan fingerprint density at radius 3 is 2.79 bits per heavy atom. The molecular weight excluding hydrogens is 497 g/mol. The van der Waals surface area contributed by atoms with Crippen LogP contribution in [0.2, 0.25) is 0 Å². The maximum Gasteiger partial charge on any atom is 0.200 e. The first kappa shape index (κ1) is 23.1. The highest BCUT2D eigenvalue weighted by atomic mass is 19.1. The van der Waals surface area contributed by atoms with E-state index >= 15 is 0 Å². The molecule has 1 aliphatic heterocycles. The summed E-state index contributed by atoms with van der Waals surface area (Å²) in [7, 11) is 0. The average molecular weight is 520 g/mol. The predicted molar refractivity (Wildman–Crippen MR) is 148 cm³/mol. The first-order valence-corrected chi connectivity index (χ1v) is 12.4. The van der Waals surface area contributed by atoms with Gasteiger partial charge in [-0.2, -0.15) is 10.2 Å². The lowest BCUT2D eigenvalue weighted by Gasteiger charge is -2.21. The normalized spacial score (nSPS) is 15.4. The standard InChI is InChI=1S/C29H22FN7O2/c1-15(27-23(16-6-4-7-17(30)12-16)26(38)19-8-2-3-11-22(19)39-27)37-29-24(28(31)32-14-33-29)25(36-37)18-9-5-10-21-20(18)13-34-35-21/h2-15,28H,31H2,1H3,(H,32,33)(H,34,35). The molecule has 0 saturated heterocycles. The molecule has 0 saturated carbocycles. The molecule has 2 unspecified atom stereocenters. The lowest BCUT2D eigenvalue weighted by Crippen LogP contribution is -2.21. The minimum Gasteiger partial charge on any atom is -0.458 e. The van der Waals surface area contributed by atoms with Gasteiger partial charge in [0.05, 0.1) is 34.6 Å². The quantitative estimate of drug-likeness (QED) is 0.288. The van der Waals surface area contributed by atoms with E-state index in [1.54, 1.807) is 47.3 Å². The number of benzene rings is 3. The van der Waals surface area contributed by atoms with Crippen LogP contribution in [0.3, 0.4) is 0 Å². The number of halogens is 1. The molecule has 7 rings (SSSR count). The van der Waals surface area contributed by atoms with E-state index in [2.05, 4.69) is 20.5 Å². The average Bonchev–Trinajstić information content (AvgIpc) is 3.58. The molecule has 6 aromatic rings. The van der Waals surface area contributed by atoms with Crippen LogP contribution < -0.4 is 16.5 Å². The minimum absolute atomic E-state index is 0.250. The first-order valence-electron chi connectivity index (χ1n) is 12.4. The Hall–Kier alpha value is -5.09. The first-order chi connectivity index (χ1) is 19.0. The maximum absolute atomic E-state index is 14.3. The molecule has 2 atom stereocenters. The molecular formula is C29H22FN7O2. The van der Waals surface area contributed by atoms with Crippen molar-refractivity contribution in [2.75, 3.05) is 5.32 Å². The van der Waals surface area contributed by atoms with Crippen LogP contribution in [0.15, 0.2) is 87.1 Å². The van der Waals surface area contributed by atoms with Crippen molar-refractivity contribution < 1.29 is 8.81 Å². The Balaban J connectivity index is 1.49. The van der Waals surface area contributed by atoms with E-state index in [0.717, 1.165) is 16.5 Å². The minimum atomic E-state index is -0.661. The van der Waals surface area contributed by atoms with Crippen LogP contribution in [0, 0.1) is 5.82 Å². The number of nitrogens with one attached hydrogen (secondary N) is 2. The largest absolute Gasteiger partial charge is 0.458 e. The summed E-state index contributed by atoms with van der Waals surface area (Å²) in [4.78, 5) is 18.2. The number of aromatic nitrogens is 4. The molecule has 0 amide bonds. The fraction of sp³-hybridized carbons (Fsp3) is 0.103. The third kappa shape index (κ3) is 3.57. The number of aliphatic imine (C=N–C) groups is 1. The third-order valence-corrected chi connectivity index (χ3v) is 7.10. The number of para-hydroxylation sites is 1. The van der Waals surface area contributed by atoms with Crippen molar-refractivity contribution in [1.29, 1.82) is 0 Å². The molecule has 0 fully saturated rings. The second-order valence-corrected chi connectivity index (χ2v) is 9.41. The van der Waals surface area contributed by atoms with Gasteiger partial charge in [0.2, 0.25) is 5.43 Å². The van der Waals surface area contributed by atoms with Crippen molar-refractivity contribution in [2.24, 2.45) is 10.7 Å². The van der Waals surface area contributed by atoms with E-state index in [4.69, 9.17) is 15.2 Å². The van der Waals surface area contributed by atoms with Gasteiger partial charge in [0, 0.05) is 10.9 Å². The van der Waals surface area contributed by atoms with Gasteiger partial charge < -0.3 is 15.5 Å². The monoisotopic (exact) mass is 519 g/mol. The Morgan fingerprint density at radius 1 is 1.08 bits per heavy atom. The number of fused-ring (bicyclic) bond motifs is 3. The molecule has 4 N–H and O–H groups in total. The summed E-state index contributed by atoms with van der Waals surface area (Å²) in [6.45, 7) is 1.88. The zero-order chi connectivity index (χ0) is 26.7. The lowest BCUT2D eigenvalue weighted by atomic mass is 9.99. The number of hydrogen-bond donors (Lipinski definition) is 3. The molecule has 4 heterocycles. The number of nitrogens with zero attached hydrogens (tertiary/aromatic N) is 4. The molecule has 1 aliphatic rings. The SMILES string of the molecule is CC(c1oc2ccccc2c(=O)c1-c1cccc(F)c1)n1nc(-c2cccc3[nH]ncc23)c2c1NC=NC2N. The van der Waals surface area contributed by atoms with Crippen LogP contribution in [0.4, 0.5) is 10.2 Å². The Labute approximate surface area is 220 Å². The molecule has 0 bridgehead atoms. The summed E-state index contributed by atoms with van der Waals surface area (Å²) in [6, 6.07) is 18.2. The van der Waals surface area contributed by atoms with Gasteiger partial charge in [-0.15, -0.1) is 0 Å². The fourth-order valence-electron chi connectivity index (χ4n) is 5.26. The number of nitrogens with two attached hydrogens (primary N) is 1. The zero-order valence-corrected chi connectivity index (χ0v) is 20.7. The summed E-state index contributed by atoms with van der Waals surface area (Å²) in [5.74, 6) is 0.525. The van der Waals surface area contributed by atoms with Gasteiger partial charge in [-0.05, 0) is 42.8 Å². The van der Waals surface area contributed by atoms with Crippen LogP contribution in [0.5, 0.6) is 0 Å². The second kappa shape index (κ2) is 8.74. The Bertz CT molecular complexity index is 1990. The number of rotatable bonds is 4. The highest BCUT2D eigenvalue weighted by Gasteiger charge is 2.31. The van der Waals surface area contributed by atoms with Gasteiger partial charge in [0.1, 0.15) is 40.9 Å². The van der Waals surface area contributed by atoms with E-state index < -0.39 is 18.0 Å². The van der Waals surface area contributed by atoms with Crippen molar-refractivity contribution in [2.45, 2.75) is 19.1 Å². The molecule has 0 aliphatic carbocycles. The molecule has 0 radical (unpaired) electrons. The summed E-state index contributed by atoms with van der Waals surface area (Å²) in [6.07, 6.45) is 2.62. The van der Waals surface area contributed by atoms with Gasteiger partial charge in [0.15, 0.2) is 0 Å². The van der Waals surface area contributed by atoms with Crippen LogP contribution in [0.1, 0.15) is 30.5 Å². The summed E-state index contributed by atoms with van der Waals surface area (Å²) < 4.78 is 22.4. The van der Waals surface area contributed by atoms with Gasteiger partial charge in [-0.1, -0.05) is 36.4 Å². The van der Waals surface area contributed by atoms with E-state index in [1.165, 1.54) is 18.5 Å². The molecule has 10 heteroatoms. The summed E-state index contributed by atoms with van der Waals surface area (Å²) in [5, 5.41) is 16.7. The van der Waals surface area contributed by atoms with Crippen molar-refractivity contribution in [3.8, 4) is 22.4 Å². The molecule has 192 valence electrons. The van der Waals surface area contributed by atoms with E-state index in [9.17, 15) is 9.18 Å². The highest BCUT2D eigenvalue weighted by Crippen LogP contribution is 2.41. The second-order valence-electron chi connectivity index (χ2n) is 9.41. The van der Waals surface area contributed by atoms with Gasteiger partial charge in [0.25, 0.3) is 0 Å². The molecule has 9 nitrogen and oxygen atoms in total. The van der Waals surface area contributed by atoms with Gasteiger partial charge in [-0.25, -0.2) is 9.07 Å². The van der Waals surface area contributed by atoms with Crippen LogP contribution in [0.25, 0.3) is 44.3 Å². The van der Waals surface area contributed by atoms with Crippen LogP contribution in [-0.2, 0) is 0 Å². The van der Waals surface area contributed by atoms with Crippen molar-refractivity contribution in [3.63, 3.8) is 0 Å². The smallest absolute Gasteiger partial charge is 0.200 e. The lowest BCUT2D eigenvalue weighted by molar-refractivity contribution is 0.442. The van der Waals surface area contributed by atoms with Crippen LogP contribution >= 0.6 is 0 Å². The van der Waals surface area contributed by atoms with E-state index in [0.29, 0.717) is 39.4 Å². The number of anilines is 1. The number of hydrogen-bond acceptors (Lipinski definition) is 7. The molecule has 3 aromatic carbocycles. The zero-order valence-electron chi connectivity index (χ0n) is 20.7. The van der Waals surface area contributed by atoms with Gasteiger partial charge in [-0.3, -0.25) is 14.9 Å². The Morgan fingerprint density at radius 2 is 1.92 bits per heavy atom. The van der Waals surface area contributed by atoms with E-state index in [-0.39, 0.29) is 11.0 Å². The molecule has 39 heavy (non-hydrogen) atoms. The fourth-order valence-corrected chi connectivity index (χ4v) is 5.26. The predicted octanol–water partition coefficient (Wildman–Crippen LogP) is 5.36. The highest BCUT2D eigenvalue weighted by molar-refractivity contribution is 5.96. The topological polar surface area (TPSA) is 127 Å².